The maximum Gasteiger partial charge on any atom is 0.306 e. The van der Waals surface area contributed by atoms with Gasteiger partial charge in [0.1, 0.15) is 13.2 Å². The number of carbonyl (C=O) groups excluding carboxylic acids is 3. The van der Waals surface area contributed by atoms with E-state index in [1.165, 1.54) is 186 Å². The summed E-state index contributed by atoms with van der Waals surface area (Å²) in [5, 5.41) is 0. The van der Waals surface area contributed by atoms with Gasteiger partial charge >= 0.3 is 17.9 Å². The highest BCUT2D eigenvalue weighted by Gasteiger charge is 2.19. The van der Waals surface area contributed by atoms with E-state index in [-0.39, 0.29) is 37.5 Å². The summed E-state index contributed by atoms with van der Waals surface area (Å²) < 4.78 is 16.9. The third-order valence-corrected chi connectivity index (χ3v) is 14.3. The van der Waals surface area contributed by atoms with E-state index in [1.807, 2.05) is 0 Å². The van der Waals surface area contributed by atoms with Crippen molar-refractivity contribution in [1.82, 2.24) is 0 Å². The van der Waals surface area contributed by atoms with Gasteiger partial charge in [-0.2, -0.15) is 0 Å². The summed E-state index contributed by atoms with van der Waals surface area (Å²) >= 11 is 0. The molecule has 0 N–H and O–H groups in total. The van der Waals surface area contributed by atoms with Gasteiger partial charge in [0.15, 0.2) is 6.10 Å². The fraction of sp³-hybridized carbons (Fsp3) is 0.736. The van der Waals surface area contributed by atoms with Crippen molar-refractivity contribution in [2.75, 3.05) is 13.2 Å². The molecule has 0 heterocycles. The minimum Gasteiger partial charge on any atom is -0.462 e. The standard InChI is InChI=1S/C72H124O6/c1-4-7-10-13-16-19-22-25-28-30-31-32-33-34-35-36-37-38-39-40-41-43-44-47-50-53-56-59-62-65-71(74)77-68-69(67-76-70(73)64-61-58-55-52-49-46-27-24-21-18-15-12-9-6-3)78-72(75)66-63-60-57-54-51-48-45-42-29-26-23-20-17-14-11-8-5-2/h8,11,17,20,22,24-27,29-31,45,48,54,57,69H,4-7,9-10,12-16,18-19,21,23,28,32-44,46-47,49-53,55-56,58-68H2,1-3H3/b11-8-,20-17-,25-22-,27-24-,29-26-,31-30-,48-45-,57-54-. The first-order valence-corrected chi connectivity index (χ1v) is 33.2. The normalized spacial score (nSPS) is 12.7. The Kier molecular flexibility index (Phi) is 62.7. The second kappa shape index (κ2) is 65.8. The smallest absolute Gasteiger partial charge is 0.306 e. The highest BCUT2D eigenvalue weighted by atomic mass is 16.6. The predicted molar refractivity (Wildman–Crippen MR) is 339 cm³/mol. The molecule has 0 aromatic rings. The number of esters is 3. The molecule has 0 aliphatic heterocycles. The SMILES string of the molecule is CC/C=C\C/C=C\C/C=C\C/C=C\C/C=C\CCCC(=O)OC(COC(=O)CCCCCCC/C=C\CCCCCCC)COC(=O)CCCCCCCCCCCCCCCCCCC/C=C\C/C=C\CCCCCCC. The Bertz CT molecular complexity index is 1530. The van der Waals surface area contributed by atoms with Crippen LogP contribution in [0.5, 0.6) is 0 Å². The van der Waals surface area contributed by atoms with Crippen LogP contribution < -0.4 is 0 Å². The van der Waals surface area contributed by atoms with E-state index in [4.69, 9.17) is 14.2 Å². The average Bonchev–Trinajstić information content (AvgIpc) is 3.44. The van der Waals surface area contributed by atoms with E-state index in [2.05, 4.69) is 118 Å². The minimum absolute atomic E-state index is 0.101. The molecular formula is C72H124O6. The van der Waals surface area contributed by atoms with Crippen molar-refractivity contribution in [3.05, 3.63) is 97.2 Å². The largest absolute Gasteiger partial charge is 0.462 e. The van der Waals surface area contributed by atoms with Crippen molar-refractivity contribution in [1.29, 1.82) is 0 Å². The topological polar surface area (TPSA) is 78.9 Å². The highest BCUT2D eigenvalue weighted by molar-refractivity contribution is 5.71. The zero-order valence-electron chi connectivity index (χ0n) is 51.4. The van der Waals surface area contributed by atoms with Gasteiger partial charge in [0.05, 0.1) is 0 Å². The van der Waals surface area contributed by atoms with Crippen LogP contribution in [-0.2, 0) is 28.6 Å². The van der Waals surface area contributed by atoms with E-state index >= 15 is 0 Å². The van der Waals surface area contributed by atoms with Gasteiger partial charge in [-0.1, -0.05) is 285 Å². The van der Waals surface area contributed by atoms with E-state index in [1.54, 1.807) is 0 Å². The lowest BCUT2D eigenvalue weighted by Gasteiger charge is -2.18. The molecule has 0 saturated heterocycles. The summed E-state index contributed by atoms with van der Waals surface area (Å²) in [6.07, 6.45) is 88.7. The molecule has 0 fully saturated rings. The number of rotatable bonds is 60. The molecule has 0 aromatic heterocycles. The number of ether oxygens (including phenoxy) is 3. The first-order valence-electron chi connectivity index (χ1n) is 33.2. The first-order chi connectivity index (χ1) is 38.5. The Hall–Kier alpha value is -3.67. The van der Waals surface area contributed by atoms with Gasteiger partial charge in [0, 0.05) is 19.3 Å². The van der Waals surface area contributed by atoms with Crippen LogP contribution in [-0.4, -0.2) is 37.2 Å². The van der Waals surface area contributed by atoms with Crippen LogP contribution in [0, 0.1) is 0 Å². The van der Waals surface area contributed by atoms with Gasteiger partial charge in [-0.05, 0) is 116 Å². The van der Waals surface area contributed by atoms with E-state index in [9.17, 15) is 14.4 Å². The monoisotopic (exact) mass is 1080 g/mol. The molecule has 448 valence electrons. The zero-order chi connectivity index (χ0) is 56.4. The minimum atomic E-state index is -0.811. The predicted octanol–water partition coefficient (Wildman–Crippen LogP) is 22.8. The van der Waals surface area contributed by atoms with Crippen molar-refractivity contribution in [3.63, 3.8) is 0 Å². The maximum absolute atomic E-state index is 12.9. The molecule has 1 atom stereocenters. The molecule has 0 bridgehead atoms. The zero-order valence-corrected chi connectivity index (χ0v) is 51.4. The molecule has 0 rings (SSSR count). The Morgan fingerprint density at radius 1 is 0.269 bits per heavy atom. The van der Waals surface area contributed by atoms with Crippen LogP contribution >= 0.6 is 0 Å². The number of hydrogen-bond acceptors (Lipinski definition) is 6. The quantitative estimate of drug-likeness (QED) is 0.0261. The van der Waals surface area contributed by atoms with Gasteiger partial charge in [0.25, 0.3) is 0 Å². The summed E-state index contributed by atoms with van der Waals surface area (Å²) in [6, 6.07) is 0. The van der Waals surface area contributed by atoms with Crippen molar-refractivity contribution in [2.45, 2.75) is 329 Å². The first kappa shape index (κ1) is 74.3. The van der Waals surface area contributed by atoms with E-state index < -0.39 is 6.10 Å². The lowest BCUT2D eigenvalue weighted by atomic mass is 10.0. The third kappa shape index (κ3) is 63.2. The van der Waals surface area contributed by atoms with Gasteiger partial charge < -0.3 is 14.2 Å². The molecule has 0 saturated carbocycles. The summed E-state index contributed by atoms with van der Waals surface area (Å²) in [7, 11) is 0. The van der Waals surface area contributed by atoms with Gasteiger partial charge in [-0.3, -0.25) is 14.4 Å². The highest BCUT2D eigenvalue weighted by Crippen LogP contribution is 2.16. The summed E-state index contributed by atoms with van der Waals surface area (Å²) in [6.45, 7) is 6.48. The molecule has 0 amide bonds. The fourth-order valence-electron chi connectivity index (χ4n) is 9.33. The van der Waals surface area contributed by atoms with Crippen LogP contribution in [0.2, 0.25) is 0 Å². The van der Waals surface area contributed by atoms with Gasteiger partial charge in [-0.15, -0.1) is 0 Å². The summed E-state index contributed by atoms with van der Waals surface area (Å²) in [5.41, 5.74) is 0. The molecule has 6 nitrogen and oxygen atoms in total. The summed E-state index contributed by atoms with van der Waals surface area (Å²) in [5.74, 6) is -0.958. The third-order valence-electron chi connectivity index (χ3n) is 14.3. The second-order valence-electron chi connectivity index (χ2n) is 22.0. The van der Waals surface area contributed by atoms with Crippen LogP contribution in [0.3, 0.4) is 0 Å². The molecule has 1 unspecified atom stereocenters. The van der Waals surface area contributed by atoms with Gasteiger partial charge in [-0.25, -0.2) is 0 Å². The molecule has 78 heavy (non-hydrogen) atoms. The van der Waals surface area contributed by atoms with E-state index in [0.717, 1.165) is 89.9 Å². The second-order valence-corrected chi connectivity index (χ2v) is 22.0. The Balaban J connectivity index is 4.29. The van der Waals surface area contributed by atoms with Crippen LogP contribution in [0.15, 0.2) is 97.2 Å². The number of unbranched alkanes of at least 4 members (excludes halogenated alkanes) is 33. The molecule has 6 heteroatoms. The average molecular weight is 1090 g/mol. The van der Waals surface area contributed by atoms with Crippen LogP contribution in [0.4, 0.5) is 0 Å². The molecule has 0 spiro atoms. The Morgan fingerprint density at radius 2 is 0.513 bits per heavy atom. The maximum atomic E-state index is 12.9. The Morgan fingerprint density at radius 3 is 0.833 bits per heavy atom. The van der Waals surface area contributed by atoms with Crippen LogP contribution in [0.1, 0.15) is 323 Å². The van der Waals surface area contributed by atoms with Crippen molar-refractivity contribution in [3.8, 4) is 0 Å². The number of carbonyl (C=O) groups is 3. The number of hydrogen-bond donors (Lipinski definition) is 0. The van der Waals surface area contributed by atoms with Crippen molar-refractivity contribution in [2.24, 2.45) is 0 Å². The van der Waals surface area contributed by atoms with Gasteiger partial charge in [0.2, 0.25) is 0 Å². The molecular weight excluding hydrogens is 961 g/mol. The molecule has 0 aliphatic carbocycles. The van der Waals surface area contributed by atoms with Crippen LogP contribution in [0.25, 0.3) is 0 Å². The number of allylic oxidation sites excluding steroid dienone is 16. The van der Waals surface area contributed by atoms with E-state index in [0.29, 0.717) is 19.3 Å². The molecule has 0 radical (unpaired) electrons. The summed E-state index contributed by atoms with van der Waals surface area (Å²) in [4.78, 5) is 38.3. The lowest BCUT2D eigenvalue weighted by Crippen LogP contribution is -2.30. The fourth-order valence-corrected chi connectivity index (χ4v) is 9.33. The van der Waals surface area contributed by atoms with Crippen molar-refractivity contribution < 1.29 is 28.6 Å². The lowest BCUT2D eigenvalue weighted by molar-refractivity contribution is -0.167. The Labute approximate surface area is 483 Å². The van der Waals surface area contributed by atoms with Crippen molar-refractivity contribution >= 4 is 17.9 Å². The molecule has 0 aliphatic rings. The molecule has 0 aromatic carbocycles.